The van der Waals surface area contributed by atoms with Crippen LogP contribution < -0.4 is 15.4 Å². The van der Waals surface area contributed by atoms with E-state index in [-0.39, 0.29) is 6.10 Å². The summed E-state index contributed by atoms with van der Waals surface area (Å²) in [6.07, 6.45) is 1.21. The highest BCUT2D eigenvalue weighted by atomic mass is 16.5. The molecule has 16 heavy (non-hydrogen) atoms. The first-order valence-corrected chi connectivity index (χ1v) is 5.68. The van der Waals surface area contributed by atoms with Crippen LogP contribution in [0, 0.1) is 0 Å². The summed E-state index contributed by atoms with van der Waals surface area (Å²) < 4.78 is 5.82. The average Bonchev–Trinajstić information content (AvgIpc) is 2.95. The lowest BCUT2D eigenvalue weighted by Gasteiger charge is -2.12. The fourth-order valence-corrected chi connectivity index (χ4v) is 2.09. The summed E-state index contributed by atoms with van der Waals surface area (Å²) >= 11 is 0. The van der Waals surface area contributed by atoms with E-state index in [1.165, 1.54) is 5.56 Å². The number of para-hydroxylation sites is 1. The summed E-state index contributed by atoms with van der Waals surface area (Å²) in [6.45, 7) is 2.61. The lowest BCUT2D eigenvalue weighted by atomic mass is 10.1. The Bertz CT molecular complexity index is 391. The highest BCUT2D eigenvalue weighted by Gasteiger charge is 2.22. The molecular weight excluding hydrogens is 202 g/mol. The Labute approximate surface area is 94.7 Å². The zero-order chi connectivity index (χ0) is 10.8. The van der Waals surface area contributed by atoms with Gasteiger partial charge in [-0.05, 0) is 11.6 Å². The van der Waals surface area contributed by atoms with Gasteiger partial charge in [0.15, 0.2) is 5.96 Å². The van der Waals surface area contributed by atoms with E-state index in [4.69, 9.17) is 4.74 Å². The van der Waals surface area contributed by atoms with Gasteiger partial charge in [-0.1, -0.05) is 18.2 Å². The molecule has 0 bridgehead atoms. The van der Waals surface area contributed by atoms with Crippen LogP contribution in [0.15, 0.2) is 29.3 Å². The summed E-state index contributed by atoms with van der Waals surface area (Å²) in [4.78, 5) is 4.28. The molecule has 1 unspecified atom stereocenters. The molecule has 0 saturated heterocycles. The van der Waals surface area contributed by atoms with Crippen molar-refractivity contribution in [2.24, 2.45) is 4.99 Å². The predicted molar refractivity (Wildman–Crippen MR) is 62.9 cm³/mol. The van der Waals surface area contributed by atoms with Crippen LogP contribution in [0.5, 0.6) is 5.75 Å². The van der Waals surface area contributed by atoms with Crippen molar-refractivity contribution in [1.29, 1.82) is 0 Å². The average molecular weight is 217 g/mol. The van der Waals surface area contributed by atoms with Crippen LogP contribution in [-0.4, -0.2) is 31.7 Å². The van der Waals surface area contributed by atoms with Gasteiger partial charge in [0.05, 0.1) is 13.1 Å². The third-order valence-electron chi connectivity index (χ3n) is 2.89. The van der Waals surface area contributed by atoms with E-state index in [1.807, 2.05) is 12.1 Å². The largest absolute Gasteiger partial charge is 0.488 e. The van der Waals surface area contributed by atoms with E-state index >= 15 is 0 Å². The first kappa shape index (κ1) is 9.51. The molecule has 0 radical (unpaired) electrons. The number of nitrogens with zero attached hydrogens (tertiary/aromatic N) is 1. The smallest absolute Gasteiger partial charge is 0.191 e. The first-order chi connectivity index (χ1) is 7.92. The number of ether oxygens (including phenoxy) is 1. The number of benzene rings is 1. The summed E-state index contributed by atoms with van der Waals surface area (Å²) in [5.41, 5.74) is 1.30. The Morgan fingerprint density at radius 3 is 3.19 bits per heavy atom. The van der Waals surface area contributed by atoms with Crippen molar-refractivity contribution in [3.8, 4) is 5.75 Å². The molecule has 1 atom stereocenters. The molecule has 0 fully saturated rings. The molecular formula is C12H15N3O. The van der Waals surface area contributed by atoms with Gasteiger partial charge in [0.1, 0.15) is 11.9 Å². The topological polar surface area (TPSA) is 45.7 Å². The Kier molecular flexibility index (Phi) is 2.40. The van der Waals surface area contributed by atoms with Crippen LogP contribution in [0.1, 0.15) is 5.56 Å². The molecule has 1 aromatic rings. The third-order valence-corrected chi connectivity index (χ3v) is 2.89. The minimum Gasteiger partial charge on any atom is -0.488 e. The van der Waals surface area contributed by atoms with Gasteiger partial charge < -0.3 is 15.4 Å². The van der Waals surface area contributed by atoms with Crippen molar-refractivity contribution in [2.75, 3.05) is 19.6 Å². The maximum absolute atomic E-state index is 5.82. The predicted octanol–water partition coefficient (Wildman–Crippen LogP) is 0.539. The van der Waals surface area contributed by atoms with Gasteiger partial charge in [-0.2, -0.15) is 0 Å². The molecule has 2 N–H and O–H groups in total. The Hall–Kier alpha value is -1.71. The fourth-order valence-electron chi connectivity index (χ4n) is 2.09. The molecule has 0 amide bonds. The summed E-state index contributed by atoms with van der Waals surface area (Å²) in [5.74, 6) is 1.93. The van der Waals surface area contributed by atoms with E-state index in [1.54, 1.807) is 0 Å². The lowest BCUT2D eigenvalue weighted by Crippen LogP contribution is -2.39. The number of aliphatic imine (C=N–C) groups is 1. The Morgan fingerprint density at radius 1 is 1.44 bits per heavy atom. The molecule has 0 aliphatic carbocycles. The van der Waals surface area contributed by atoms with Gasteiger partial charge in [-0.3, -0.25) is 4.99 Å². The monoisotopic (exact) mass is 217 g/mol. The molecule has 2 heterocycles. The van der Waals surface area contributed by atoms with E-state index in [0.717, 1.165) is 37.8 Å². The number of hydrogen-bond acceptors (Lipinski definition) is 4. The van der Waals surface area contributed by atoms with E-state index < -0.39 is 0 Å². The van der Waals surface area contributed by atoms with Crippen molar-refractivity contribution in [3.63, 3.8) is 0 Å². The standard InChI is InChI=1S/C12H15N3O/c1-2-4-11-9(3-1)7-10(16-11)8-15-12-13-5-6-14-12/h1-4,10H,5-8H2,(H2,13,14,15). The molecule has 4 nitrogen and oxygen atoms in total. The molecule has 1 aromatic carbocycles. The van der Waals surface area contributed by atoms with E-state index in [0.29, 0.717) is 0 Å². The molecule has 0 saturated carbocycles. The van der Waals surface area contributed by atoms with Crippen LogP contribution in [0.2, 0.25) is 0 Å². The zero-order valence-electron chi connectivity index (χ0n) is 9.07. The molecule has 3 rings (SSSR count). The van der Waals surface area contributed by atoms with Gasteiger partial charge in [-0.15, -0.1) is 0 Å². The SMILES string of the molecule is c1ccc2c(c1)CC(CNC1=NCCN1)O2. The van der Waals surface area contributed by atoms with Gasteiger partial charge in [-0.25, -0.2) is 0 Å². The van der Waals surface area contributed by atoms with Crippen LogP contribution in [0.3, 0.4) is 0 Å². The molecule has 0 spiro atoms. The van der Waals surface area contributed by atoms with Gasteiger partial charge in [0.2, 0.25) is 0 Å². The zero-order valence-corrected chi connectivity index (χ0v) is 9.07. The maximum Gasteiger partial charge on any atom is 0.191 e. The molecule has 4 heteroatoms. The van der Waals surface area contributed by atoms with Crippen molar-refractivity contribution in [2.45, 2.75) is 12.5 Å². The lowest BCUT2D eigenvalue weighted by molar-refractivity contribution is 0.235. The van der Waals surface area contributed by atoms with Crippen LogP contribution in [0.25, 0.3) is 0 Å². The van der Waals surface area contributed by atoms with Gasteiger partial charge in [0.25, 0.3) is 0 Å². The number of rotatable bonds is 2. The number of fused-ring (bicyclic) bond motifs is 1. The van der Waals surface area contributed by atoms with Gasteiger partial charge in [0, 0.05) is 13.0 Å². The summed E-state index contributed by atoms with van der Waals surface area (Å²) in [7, 11) is 0. The highest BCUT2D eigenvalue weighted by Crippen LogP contribution is 2.27. The van der Waals surface area contributed by atoms with Gasteiger partial charge >= 0.3 is 0 Å². The normalized spacial score (nSPS) is 22.0. The molecule has 2 aliphatic rings. The minimum absolute atomic E-state index is 0.225. The number of hydrogen-bond donors (Lipinski definition) is 2. The second-order valence-electron chi connectivity index (χ2n) is 4.09. The second-order valence-corrected chi connectivity index (χ2v) is 4.09. The van der Waals surface area contributed by atoms with Crippen molar-refractivity contribution < 1.29 is 4.74 Å². The molecule has 84 valence electrons. The van der Waals surface area contributed by atoms with E-state index in [9.17, 15) is 0 Å². The Morgan fingerprint density at radius 2 is 2.38 bits per heavy atom. The molecule has 0 aromatic heterocycles. The summed E-state index contributed by atoms with van der Waals surface area (Å²) in [5, 5.41) is 6.46. The van der Waals surface area contributed by atoms with Crippen molar-refractivity contribution in [3.05, 3.63) is 29.8 Å². The van der Waals surface area contributed by atoms with Crippen molar-refractivity contribution >= 4 is 5.96 Å². The molecule has 2 aliphatic heterocycles. The fraction of sp³-hybridized carbons (Fsp3) is 0.417. The second kappa shape index (κ2) is 4.04. The number of nitrogens with one attached hydrogen (secondary N) is 2. The third kappa shape index (κ3) is 1.83. The number of guanidine groups is 1. The first-order valence-electron chi connectivity index (χ1n) is 5.68. The maximum atomic E-state index is 5.82. The Balaban J connectivity index is 1.56. The van der Waals surface area contributed by atoms with Crippen LogP contribution in [-0.2, 0) is 6.42 Å². The van der Waals surface area contributed by atoms with E-state index in [2.05, 4.69) is 27.8 Å². The minimum atomic E-state index is 0.225. The van der Waals surface area contributed by atoms with Crippen LogP contribution >= 0.6 is 0 Å². The van der Waals surface area contributed by atoms with Crippen LogP contribution in [0.4, 0.5) is 0 Å². The van der Waals surface area contributed by atoms with Crippen molar-refractivity contribution in [1.82, 2.24) is 10.6 Å². The highest BCUT2D eigenvalue weighted by molar-refractivity contribution is 5.81. The summed E-state index contributed by atoms with van der Waals surface area (Å²) in [6, 6.07) is 8.22. The quantitative estimate of drug-likeness (QED) is 0.760.